The molecule has 1 fully saturated rings. The van der Waals surface area contributed by atoms with Gasteiger partial charge in [-0.05, 0) is 43.9 Å². The number of carbonyl (C=O) groups is 1. The lowest BCUT2D eigenvalue weighted by molar-refractivity contribution is -0.132. The van der Waals surface area contributed by atoms with Gasteiger partial charge >= 0.3 is 0 Å². The second-order valence-electron chi connectivity index (χ2n) is 5.88. The maximum absolute atomic E-state index is 12.2. The summed E-state index contributed by atoms with van der Waals surface area (Å²) in [4.78, 5) is 13.9. The number of rotatable bonds is 5. The number of unbranched alkanes of at least 4 members (excludes halogenated alkanes) is 1. The zero-order valence-corrected chi connectivity index (χ0v) is 14.4. The fraction of sp³-hybridized carbons (Fsp3) is 0.562. The van der Waals surface area contributed by atoms with Crippen LogP contribution in [0.3, 0.4) is 0 Å². The molecule has 6 heteroatoms. The van der Waals surface area contributed by atoms with E-state index in [0.717, 1.165) is 24.3 Å². The summed E-state index contributed by atoms with van der Waals surface area (Å²) >= 11 is 5.84. The molecular formula is C16H22ClNO3S. The predicted octanol–water partition coefficient (Wildman–Crippen LogP) is 2.70. The molecule has 122 valence electrons. The standard InChI is InChI=1S/C16H22ClNO3S/c1-13-12-22(20,21)11-10-18(13)16(19)5-3-2-4-14-6-8-15(17)9-7-14/h6-9,13H,2-5,10-12H2,1H3/t13-/m1/s1. The molecule has 0 spiro atoms. The van der Waals surface area contributed by atoms with E-state index in [1.807, 2.05) is 31.2 Å². The van der Waals surface area contributed by atoms with Crippen LogP contribution < -0.4 is 0 Å². The van der Waals surface area contributed by atoms with E-state index in [0.29, 0.717) is 13.0 Å². The number of hydrogen-bond donors (Lipinski definition) is 0. The van der Waals surface area contributed by atoms with Crippen molar-refractivity contribution in [3.63, 3.8) is 0 Å². The van der Waals surface area contributed by atoms with Crippen molar-refractivity contribution in [2.75, 3.05) is 18.1 Å². The molecule has 1 aromatic rings. The third kappa shape index (κ3) is 4.99. The third-order valence-electron chi connectivity index (χ3n) is 4.01. The molecule has 1 atom stereocenters. The number of halogens is 1. The van der Waals surface area contributed by atoms with Gasteiger partial charge in [-0.3, -0.25) is 4.79 Å². The Morgan fingerprint density at radius 3 is 2.59 bits per heavy atom. The van der Waals surface area contributed by atoms with Gasteiger partial charge in [-0.1, -0.05) is 23.7 Å². The summed E-state index contributed by atoms with van der Waals surface area (Å²) in [6, 6.07) is 7.54. The molecule has 0 N–H and O–H groups in total. The predicted molar refractivity (Wildman–Crippen MR) is 88.8 cm³/mol. The van der Waals surface area contributed by atoms with Crippen molar-refractivity contribution in [1.29, 1.82) is 0 Å². The summed E-state index contributed by atoms with van der Waals surface area (Å²) in [6.07, 6.45) is 3.16. The van der Waals surface area contributed by atoms with Crippen molar-refractivity contribution in [3.05, 3.63) is 34.9 Å². The highest BCUT2D eigenvalue weighted by atomic mass is 35.5. The molecule has 2 rings (SSSR count). The van der Waals surface area contributed by atoms with E-state index in [4.69, 9.17) is 11.6 Å². The van der Waals surface area contributed by atoms with E-state index in [-0.39, 0.29) is 23.5 Å². The quantitative estimate of drug-likeness (QED) is 0.772. The van der Waals surface area contributed by atoms with E-state index in [1.54, 1.807) is 4.90 Å². The molecule has 1 aliphatic rings. The Morgan fingerprint density at radius 1 is 1.27 bits per heavy atom. The minimum Gasteiger partial charge on any atom is -0.338 e. The van der Waals surface area contributed by atoms with Crippen molar-refractivity contribution in [2.24, 2.45) is 0 Å². The van der Waals surface area contributed by atoms with Gasteiger partial charge in [-0.2, -0.15) is 0 Å². The Kier molecular flexibility index (Phi) is 5.87. The van der Waals surface area contributed by atoms with Crippen molar-refractivity contribution >= 4 is 27.3 Å². The van der Waals surface area contributed by atoms with E-state index in [9.17, 15) is 13.2 Å². The van der Waals surface area contributed by atoms with Crippen LogP contribution in [0, 0.1) is 0 Å². The second-order valence-corrected chi connectivity index (χ2v) is 8.55. The molecule has 0 aromatic heterocycles. The topological polar surface area (TPSA) is 54.5 Å². The van der Waals surface area contributed by atoms with Crippen LogP contribution >= 0.6 is 11.6 Å². The largest absolute Gasteiger partial charge is 0.338 e. The number of benzene rings is 1. The summed E-state index contributed by atoms with van der Waals surface area (Å²) in [5, 5.41) is 0.730. The fourth-order valence-corrected chi connectivity index (χ4v) is 4.45. The minimum absolute atomic E-state index is 0.0681. The van der Waals surface area contributed by atoms with Gasteiger partial charge in [0.05, 0.1) is 11.5 Å². The lowest BCUT2D eigenvalue weighted by Crippen LogP contribution is -2.49. The van der Waals surface area contributed by atoms with Crippen molar-refractivity contribution in [3.8, 4) is 0 Å². The Hall–Kier alpha value is -1.07. The van der Waals surface area contributed by atoms with Crippen LogP contribution in [-0.4, -0.2) is 43.3 Å². The molecule has 0 aliphatic carbocycles. The first-order chi connectivity index (χ1) is 10.4. The SMILES string of the molecule is C[C@@H]1CS(=O)(=O)CCN1C(=O)CCCCc1ccc(Cl)cc1. The van der Waals surface area contributed by atoms with Gasteiger partial charge in [0, 0.05) is 24.0 Å². The Labute approximate surface area is 137 Å². The van der Waals surface area contributed by atoms with Crippen LogP contribution in [0.15, 0.2) is 24.3 Å². The van der Waals surface area contributed by atoms with Gasteiger partial charge in [0.15, 0.2) is 9.84 Å². The third-order valence-corrected chi connectivity index (χ3v) is 6.06. The zero-order chi connectivity index (χ0) is 16.2. The second kappa shape index (κ2) is 7.47. The molecule has 1 heterocycles. The molecule has 1 amide bonds. The van der Waals surface area contributed by atoms with E-state index < -0.39 is 9.84 Å². The van der Waals surface area contributed by atoms with Gasteiger partial charge in [0.1, 0.15) is 0 Å². The average molecular weight is 344 g/mol. The van der Waals surface area contributed by atoms with Gasteiger partial charge in [0.2, 0.25) is 5.91 Å². The summed E-state index contributed by atoms with van der Waals surface area (Å²) < 4.78 is 23.0. The molecule has 4 nitrogen and oxygen atoms in total. The van der Waals surface area contributed by atoms with Crippen LogP contribution in [0.5, 0.6) is 0 Å². The summed E-state index contributed by atoms with van der Waals surface area (Å²) in [5.41, 5.74) is 1.22. The number of carbonyl (C=O) groups excluding carboxylic acids is 1. The number of hydrogen-bond acceptors (Lipinski definition) is 3. The number of sulfone groups is 1. The molecule has 1 saturated heterocycles. The van der Waals surface area contributed by atoms with E-state index in [2.05, 4.69) is 0 Å². The molecular weight excluding hydrogens is 322 g/mol. The summed E-state index contributed by atoms with van der Waals surface area (Å²) in [5.74, 6) is 0.246. The maximum atomic E-state index is 12.2. The van der Waals surface area contributed by atoms with Gasteiger partial charge in [-0.25, -0.2) is 8.42 Å². The molecule has 22 heavy (non-hydrogen) atoms. The zero-order valence-electron chi connectivity index (χ0n) is 12.8. The Morgan fingerprint density at radius 2 is 1.95 bits per heavy atom. The molecule has 1 aliphatic heterocycles. The lowest BCUT2D eigenvalue weighted by atomic mass is 10.1. The molecule has 0 unspecified atom stereocenters. The highest BCUT2D eigenvalue weighted by Crippen LogP contribution is 2.15. The summed E-state index contributed by atoms with van der Waals surface area (Å²) in [7, 11) is -2.97. The monoisotopic (exact) mass is 343 g/mol. The minimum atomic E-state index is -2.97. The summed E-state index contributed by atoms with van der Waals surface area (Å²) in [6.45, 7) is 2.14. The maximum Gasteiger partial charge on any atom is 0.222 e. The highest BCUT2D eigenvalue weighted by Gasteiger charge is 2.30. The first-order valence-electron chi connectivity index (χ1n) is 7.62. The number of amides is 1. The van der Waals surface area contributed by atoms with Crippen molar-refractivity contribution in [1.82, 2.24) is 4.90 Å². The Balaban J connectivity index is 1.73. The average Bonchev–Trinajstić information content (AvgIpc) is 2.44. The fourth-order valence-electron chi connectivity index (χ4n) is 2.77. The van der Waals surface area contributed by atoms with E-state index >= 15 is 0 Å². The van der Waals surface area contributed by atoms with Gasteiger partial charge in [-0.15, -0.1) is 0 Å². The van der Waals surface area contributed by atoms with Crippen LogP contribution in [0.4, 0.5) is 0 Å². The van der Waals surface area contributed by atoms with Crippen LogP contribution in [-0.2, 0) is 21.1 Å². The number of aryl methyl sites for hydroxylation is 1. The van der Waals surface area contributed by atoms with Crippen LogP contribution in [0.2, 0.25) is 5.02 Å². The number of nitrogens with zero attached hydrogens (tertiary/aromatic N) is 1. The first-order valence-corrected chi connectivity index (χ1v) is 9.82. The molecule has 0 saturated carbocycles. The highest BCUT2D eigenvalue weighted by molar-refractivity contribution is 7.91. The lowest BCUT2D eigenvalue weighted by Gasteiger charge is -2.33. The van der Waals surface area contributed by atoms with E-state index in [1.165, 1.54) is 5.56 Å². The smallest absolute Gasteiger partial charge is 0.222 e. The normalized spacial score (nSPS) is 20.8. The van der Waals surface area contributed by atoms with Crippen LogP contribution in [0.1, 0.15) is 31.7 Å². The molecule has 1 aromatic carbocycles. The van der Waals surface area contributed by atoms with Gasteiger partial charge in [0.25, 0.3) is 0 Å². The molecule has 0 bridgehead atoms. The van der Waals surface area contributed by atoms with Gasteiger partial charge < -0.3 is 4.90 Å². The van der Waals surface area contributed by atoms with Crippen LogP contribution in [0.25, 0.3) is 0 Å². The molecule has 0 radical (unpaired) electrons. The van der Waals surface area contributed by atoms with Crippen molar-refractivity contribution < 1.29 is 13.2 Å². The first kappa shape index (κ1) is 17.3. The van der Waals surface area contributed by atoms with Crippen molar-refractivity contribution in [2.45, 2.75) is 38.6 Å². The Bertz CT molecular complexity index is 613.